The van der Waals surface area contributed by atoms with Crippen molar-refractivity contribution < 1.29 is 66.7 Å². The lowest BCUT2D eigenvalue weighted by Gasteiger charge is -2.43. The second-order valence-electron chi connectivity index (χ2n) is 8.64. The van der Waals surface area contributed by atoms with Gasteiger partial charge in [0.15, 0.2) is 12.2 Å². The molecule has 2 heterocycles. The van der Waals surface area contributed by atoms with Gasteiger partial charge in [-0.2, -0.15) is 0 Å². The molecule has 0 aliphatic carbocycles. The number of fused-ring (bicyclic) bond motifs is 1. The number of aliphatic hydroxyl groups is 1. The van der Waals surface area contributed by atoms with Gasteiger partial charge in [-0.25, -0.2) is 4.79 Å². The second kappa shape index (κ2) is 13.3. The number of carbonyl (C=O) groups is 5. The van der Waals surface area contributed by atoms with Crippen LogP contribution in [0.25, 0.3) is 11.0 Å². The van der Waals surface area contributed by atoms with Gasteiger partial charge in [-0.1, -0.05) is 0 Å². The monoisotopic (exact) mass is 566 g/mol. The molecule has 1 fully saturated rings. The largest absolute Gasteiger partial charge is 0.463 e. The molecule has 0 amide bonds. The molecule has 3 rings (SSSR count). The van der Waals surface area contributed by atoms with Crippen molar-refractivity contribution in [3.63, 3.8) is 0 Å². The maximum Gasteiger partial charge on any atom is 0.374 e. The molecule has 14 nitrogen and oxygen atoms in total. The third-order valence-corrected chi connectivity index (χ3v) is 5.56. The molecule has 40 heavy (non-hydrogen) atoms. The van der Waals surface area contributed by atoms with Crippen LogP contribution >= 0.6 is 0 Å². The van der Waals surface area contributed by atoms with Crippen molar-refractivity contribution in [3.8, 4) is 5.75 Å². The van der Waals surface area contributed by atoms with Crippen molar-refractivity contribution in [1.82, 2.24) is 0 Å². The van der Waals surface area contributed by atoms with Gasteiger partial charge >= 0.3 is 29.8 Å². The molecular weight excluding hydrogens is 536 g/mol. The van der Waals surface area contributed by atoms with Crippen molar-refractivity contribution in [1.29, 1.82) is 0 Å². The molecule has 5 atom stereocenters. The van der Waals surface area contributed by atoms with Crippen LogP contribution < -0.4 is 4.74 Å². The van der Waals surface area contributed by atoms with Crippen LogP contribution in [0, 0.1) is 0 Å². The molecule has 0 spiro atoms. The van der Waals surface area contributed by atoms with Crippen LogP contribution in [-0.2, 0) is 54.2 Å². The number of esters is 5. The molecule has 14 heteroatoms. The van der Waals surface area contributed by atoms with Crippen LogP contribution in [0.1, 0.15) is 50.7 Å². The lowest BCUT2D eigenvalue weighted by Crippen LogP contribution is -2.63. The zero-order valence-electron chi connectivity index (χ0n) is 22.5. The van der Waals surface area contributed by atoms with Crippen molar-refractivity contribution in [2.45, 2.75) is 71.9 Å². The molecule has 1 aliphatic heterocycles. The highest BCUT2D eigenvalue weighted by molar-refractivity contribution is 5.96. The van der Waals surface area contributed by atoms with Gasteiger partial charge in [0.2, 0.25) is 18.2 Å². The molecule has 0 saturated carbocycles. The zero-order valence-corrected chi connectivity index (χ0v) is 22.5. The third-order valence-electron chi connectivity index (χ3n) is 5.56. The quantitative estimate of drug-likeness (QED) is 0.323. The van der Waals surface area contributed by atoms with Crippen LogP contribution in [0.15, 0.2) is 22.6 Å². The molecule has 0 radical (unpaired) electrons. The maximum atomic E-state index is 12.3. The maximum absolute atomic E-state index is 12.3. The summed E-state index contributed by atoms with van der Waals surface area (Å²) in [5.41, 5.74) is 0.452. The molecule has 0 unspecified atom stereocenters. The van der Waals surface area contributed by atoms with Gasteiger partial charge in [-0.3, -0.25) is 19.2 Å². The Hall–Kier alpha value is -4.17. The van der Waals surface area contributed by atoms with Crippen molar-refractivity contribution in [3.05, 3.63) is 29.5 Å². The Morgan fingerprint density at radius 3 is 2.05 bits per heavy atom. The number of rotatable bonds is 10. The number of benzene rings is 1. The van der Waals surface area contributed by atoms with Gasteiger partial charge in [0.25, 0.3) is 0 Å². The highest BCUT2D eigenvalue weighted by atomic mass is 16.7. The van der Waals surface area contributed by atoms with E-state index in [0.29, 0.717) is 5.56 Å². The number of aliphatic hydroxyl groups excluding tert-OH is 1. The molecule has 1 aromatic carbocycles. The van der Waals surface area contributed by atoms with E-state index in [-0.39, 0.29) is 29.1 Å². The highest BCUT2D eigenvalue weighted by Gasteiger charge is 2.53. The van der Waals surface area contributed by atoms with E-state index in [9.17, 15) is 29.1 Å². The standard InChI is InChI=1S/C26H30O14/c1-6-33-25(32)19-9-17-18(8-7-16(10-27)21(17)38-19)39-26-24(37-15(5)31)23(36-14(4)30)22(35-13(3)29)20(40-26)11-34-12(2)28/h7-9,20,22-24,26-27H,6,10-11H2,1-5H3/t20-,22+,23+,24-,26-/m1/s1. The van der Waals surface area contributed by atoms with E-state index in [1.807, 2.05) is 0 Å². The molecule has 218 valence electrons. The fraction of sp³-hybridized carbons (Fsp3) is 0.500. The molecule has 2 aromatic rings. The minimum Gasteiger partial charge on any atom is -0.463 e. The number of furan rings is 1. The number of carbonyl (C=O) groups excluding carboxylic acids is 5. The average Bonchev–Trinajstić information content (AvgIpc) is 3.32. The van der Waals surface area contributed by atoms with E-state index in [0.717, 1.165) is 27.7 Å². The summed E-state index contributed by atoms with van der Waals surface area (Å²) in [5.74, 6) is -3.88. The highest BCUT2D eigenvalue weighted by Crippen LogP contribution is 2.36. The van der Waals surface area contributed by atoms with Crippen LogP contribution in [0.3, 0.4) is 0 Å². The molecule has 1 aromatic heterocycles. The summed E-state index contributed by atoms with van der Waals surface area (Å²) < 4.78 is 43.8. The number of hydrogen-bond acceptors (Lipinski definition) is 14. The van der Waals surface area contributed by atoms with Gasteiger partial charge < -0.3 is 42.7 Å². The van der Waals surface area contributed by atoms with Gasteiger partial charge in [-0.05, 0) is 19.1 Å². The van der Waals surface area contributed by atoms with Crippen molar-refractivity contribution in [2.75, 3.05) is 13.2 Å². The first-order valence-electron chi connectivity index (χ1n) is 12.3. The number of hydrogen-bond donors (Lipinski definition) is 1. The summed E-state index contributed by atoms with van der Waals surface area (Å²) in [7, 11) is 0. The first-order valence-corrected chi connectivity index (χ1v) is 12.3. The third kappa shape index (κ3) is 7.27. The van der Waals surface area contributed by atoms with E-state index >= 15 is 0 Å². The predicted octanol–water partition coefficient (Wildman–Crippen LogP) is 1.56. The lowest BCUT2D eigenvalue weighted by molar-refractivity contribution is -0.288. The average molecular weight is 567 g/mol. The molecule has 0 bridgehead atoms. The van der Waals surface area contributed by atoms with E-state index < -0.39 is 73.8 Å². The Morgan fingerprint density at radius 2 is 1.48 bits per heavy atom. The van der Waals surface area contributed by atoms with E-state index in [4.69, 9.17) is 37.6 Å². The SMILES string of the molecule is CCOC(=O)c1cc2c(O[C@@H]3O[C@H](COC(C)=O)[C@H](OC(C)=O)[C@H](OC(C)=O)[C@H]3OC(C)=O)ccc(CO)c2o1. The zero-order chi connectivity index (χ0) is 29.6. The summed E-state index contributed by atoms with van der Waals surface area (Å²) in [6.45, 7) is 5.32. The van der Waals surface area contributed by atoms with Crippen LogP contribution in [0.4, 0.5) is 0 Å². The minimum absolute atomic E-state index is 0.0624. The Bertz CT molecular complexity index is 1260. The Labute approximate surface area is 228 Å². The summed E-state index contributed by atoms with van der Waals surface area (Å²) in [4.78, 5) is 59.8. The molecule has 1 aliphatic rings. The smallest absolute Gasteiger partial charge is 0.374 e. The van der Waals surface area contributed by atoms with E-state index in [1.54, 1.807) is 6.92 Å². The summed E-state index contributed by atoms with van der Waals surface area (Å²) in [6, 6.07) is 4.26. The van der Waals surface area contributed by atoms with Crippen LogP contribution in [0.2, 0.25) is 0 Å². The van der Waals surface area contributed by atoms with Crippen LogP contribution in [0.5, 0.6) is 5.75 Å². The first-order chi connectivity index (χ1) is 18.9. The minimum atomic E-state index is -1.51. The fourth-order valence-corrected chi connectivity index (χ4v) is 4.09. The molecule has 1 saturated heterocycles. The van der Waals surface area contributed by atoms with Crippen LogP contribution in [-0.4, -0.2) is 78.9 Å². The van der Waals surface area contributed by atoms with Gasteiger partial charge in [0, 0.05) is 39.3 Å². The van der Waals surface area contributed by atoms with Gasteiger partial charge in [0.1, 0.15) is 24.0 Å². The molecule has 1 N–H and O–H groups in total. The second-order valence-corrected chi connectivity index (χ2v) is 8.64. The van der Waals surface area contributed by atoms with Crippen molar-refractivity contribution >= 4 is 40.8 Å². The van der Waals surface area contributed by atoms with E-state index in [1.165, 1.54) is 18.2 Å². The summed E-state index contributed by atoms with van der Waals surface area (Å²) >= 11 is 0. The lowest BCUT2D eigenvalue weighted by atomic mass is 9.98. The Kier molecular flexibility index (Phi) is 10.1. The van der Waals surface area contributed by atoms with Gasteiger partial charge in [-0.15, -0.1) is 0 Å². The summed E-state index contributed by atoms with van der Waals surface area (Å²) in [6.07, 6.45) is -6.99. The Balaban J connectivity index is 2.09. The first kappa shape index (κ1) is 30.4. The molecular formula is C26H30O14. The van der Waals surface area contributed by atoms with Gasteiger partial charge in [0.05, 0.1) is 18.6 Å². The normalized spacial score (nSPS) is 22.2. The Morgan fingerprint density at radius 1 is 0.850 bits per heavy atom. The number of ether oxygens (including phenoxy) is 7. The fourth-order valence-electron chi connectivity index (χ4n) is 4.09. The van der Waals surface area contributed by atoms with Crippen molar-refractivity contribution in [2.24, 2.45) is 0 Å². The van der Waals surface area contributed by atoms with E-state index in [2.05, 4.69) is 0 Å². The predicted molar refractivity (Wildman–Crippen MR) is 131 cm³/mol. The summed E-state index contributed by atoms with van der Waals surface area (Å²) in [5, 5.41) is 10.0. The topological polar surface area (TPSA) is 183 Å².